The van der Waals surface area contributed by atoms with Crippen molar-refractivity contribution in [3.05, 3.63) is 35.4 Å². The molecule has 4 heteroatoms. The van der Waals surface area contributed by atoms with Gasteiger partial charge in [-0.1, -0.05) is 24.3 Å². The summed E-state index contributed by atoms with van der Waals surface area (Å²) < 4.78 is 0. The van der Waals surface area contributed by atoms with E-state index in [0.717, 1.165) is 12.0 Å². The van der Waals surface area contributed by atoms with E-state index in [1.54, 1.807) is 4.90 Å². The molecule has 19 heavy (non-hydrogen) atoms. The number of fused-ring (bicyclic) bond motifs is 1. The summed E-state index contributed by atoms with van der Waals surface area (Å²) in [7, 11) is 0. The van der Waals surface area contributed by atoms with E-state index in [2.05, 4.69) is 11.4 Å². The van der Waals surface area contributed by atoms with Crippen molar-refractivity contribution in [2.24, 2.45) is 0 Å². The molecule has 4 nitrogen and oxygen atoms in total. The summed E-state index contributed by atoms with van der Waals surface area (Å²) in [6, 6.07) is 8.04. The van der Waals surface area contributed by atoms with E-state index in [9.17, 15) is 9.59 Å². The molecule has 0 aromatic heterocycles. The van der Waals surface area contributed by atoms with Crippen molar-refractivity contribution < 1.29 is 9.59 Å². The zero-order valence-electron chi connectivity index (χ0n) is 11.3. The monoisotopic (exact) mass is 258 g/mol. The average molecular weight is 258 g/mol. The van der Waals surface area contributed by atoms with E-state index >= 15 is 0 Å². The zero-order valence-corrected chi connectivity index (χ0v) is 11.3. The smallest absolute Gasteiger partial charge is 0.245 e. The molecular weight excluding hydrogens is 240 g/mol. The summed E-state index contributed by atoms with van der Waals surface area (Å²) >= 11 is 0. The molecule has 0 bridgehead atoms. The maximum atomic E-state index is 12.7. The van der Waals surface area contributed by atoms with Gasteiger partial charge in [0.1, 0.15) is 5.54 Å². The van der Waals surface area contributed by atoms with Crippen LogP contribution in [-0.4, -0.2) is 35.3 Å². The fourth-order valence-corrected chi connectivity index (χ4v) is 2.95. The van der Waals surface area contributed by atoms with Gasteiger partial charge in [0, 0.05) is 13.1 Å². The lowest BCUT2D eigenvalue weighted by Gasteiger charge is -2.44. The number of benzene rings is 1. The van der Waals surface area contributed by atoms with Gasteiger partial charge in [0.05, 0.1) is 5.92 Å². The molecule has 1 fully saturated rings. The van der Waals surface area contributed by atoms with Crippen molar-refractivity contribution in [2.75, 3.05) is 13.1 Å². The Labute approximate surface area is 112 Å². The van der Waals surface area contributed by atoms with Gasteiger partial charge in [0.2, 0.25) is 11.8 Å². The van der Waals surface area contributed by atoms with Gasteiger partial charge in [-0.2, -0.15) is 0 Å². The number of rotatable bonds is 1. The van der Waals surface area contributed by atoms with Crippen LogP contribution in [0.5, 0.6) is 0 Å². The SMILES string of the molecule is CC1(C)C(=O)NCCN1C(=O)C1Cc2ccccc21. The standard InChI is InChI=1S/C15H18N2O2/c1-15(2)14(19)16-7-8-17(15)13(18)12-9-10-5-3-4-6-11(10)12/h3-6,12H,7-9H2,1-2H3,(H,16,19). The molecule has 1 atom stereocenters. The molecule has 0 saturated carbocycles. The van der Waals surface area contributed by atoms with Crippen LogP contribution in [0.1, 0.15) is 30.9 Å². The van der Waals surface area contributed by atoms with Crippen molar-refractivity contribution in [1.82, 2.24) is 10.2 Å². The summed E-state index contributed by atoms with van der Waals surface area (Å²) in [4.78, 5) is 26.3. The molecule has 1 unspecified atom stereocenters. The number of nitrogens with zero attached hydrogens (tertiary/aromatic N) is 1. The van der Waals surface area contributed by atoms with E-state index < -0.39 is 5.54 Å². The Balaban J connectivity index is 1.84. The fraction of sp³-hybridized carbons (Fsp3) is 0.467. The Bertz CT molecular complexity index is 551. The lowest BCUT2D eigenvalue weighted by molar-refractivity contribution is -0.150. The minimum atomic E-state index is -0.750. The van der Waals surface area contributed by atoms with Crippen molar-refractivity contribution in [3.63, 3.8) is 0 Å². The van der Waals surface area contributed by atoms with Crippen LogP contribution in [0.15, 0.2) is 24.3 Å². The Kier molecular flexibility index (Phi) is 2.62. The number of nitrogens with one attached hydrogen (secondary N) is 1. The van der Waals surface area contributed by atoms with Gasteiger partial charge in [0.15, 0.2) is 0 Å². The summed E-state index contributed by atoms with van der Waals surface area (Å²) in [5.74, 6) is -0.0559. The second-order valence-corrected chi connectivity index (χ2v) is 5.76. The van der Waals surface area contributed by atoms with Crippen LogP contribution >= 0.6 is 0 Å². The van der Waals surface area contributed by atoms with Crippen LogP contribution < -0.4 is 5.32 Å². The van der Waals surface area contributed by atoms with Gasteiger partial charge in [-0.3, -0.25) is 9.59 Å². The van der Waals surface area contributed by atoms with E-state index in [1.165, 1.54) is 5.56 Å². The van der Waals surface area contributed by atoms with Gasteiger partial charge in [0.25, 0.3) is 0 Å². The maximum Gasteiger partial charge on any atom is 0.245 e. The molecule has 3 rings (SSSR count). The number of piperazine rings is 1. The first kappa shape index (κ1) is 12.2. The summed E-state index contributed by atoms with van der Waals surface area (Å²) in [6.07, 6.45) is 0.795. The minimum Gasteiger partial charge on any atom is -0.352 e. The first-order valence-corrected chi connectivity index (χ1v) is 6.69. The number of carbonyl (C=O) groups excluding carboxylic acids is 2. The number of hydrogen-bond donors (Lipinski definition) is 1. The molecule has 2 amide bonds. The van der Waals surface area contributed by atoms with Crippen molar-refractivity contribution in [3.8, 4) is 0 Å². The Morgan fingerprint density at radius 1 is 1.37 bits per heavy atom. The molecule has 1 aliphatic carbocycles. The van der Waals surface area contributed by atoms with E-state index in [0.29, 0.717) is 13.1 Å². The zero-order chi connectivity index (χ0) is 13.6. The van der Waals surface area contributed by atoms with Crippen LogP contribution in [0.4, 0.5) is 0 Å². The second-order valence-electron chi connectivity index (χ2n) is 5.76. The molecular formula is C15H18N2O2. The van der Waals surface area contributed by atoms with Crippen LogP contribution in [0.3, 0.4) is 0 Å². The van der Waals surface area contributed by atoms with E-state index in [-0.39, 0.29) is 17.7 Å². The third-order valence-corrected chi connectivity index (χ3v) is 4.27. The molecule has 2 aliphatic rings. The molecule has 0 spiro atoms. The van der Waals surface area contributed by atoms with Gasteiger partial charge >= 0.3 is 0 Å². The highest BCUT2D eigenvalue weighted by Crippen LogP contribution is 2.37. The highest BCUT2D eigenvalue weighted by molar-refractivity contribution is 5.95. The first-order chi connectivity index (χ1) is 9.01. The topological polar surface area (TPSA) is 49.4 Å². The minimum absolute atomic E-state index is 0.0682. The van der Waals surface area contributed by atoms with Crippen molar-refractivity contribution >= 4 is 11.8 Å². The van der Waals surface area contributed by atoms with E-state index in [4.69, 9.17) is 0 Å². The van der Waals surface area contributed by atoms with Gasteiger partial charge in [-0.05, 0) is 31.4 Å². The number of carbonyl (C=O) groups is 2. The highest BCUT2D eigenvalue weighted by Gasteiger charge is 2.44. The molecule has 100 valence electrons. The quantitative estimate of drug-likeness (QED) is 0.819. The fourth-order valence-electron chi connectivity index (χ4n) is 2.95. The Morgan fingerprint density at radius 3 is 2.84 bits per heavy atom. The summed E-state index contributed by atoms with van der Waals surface area (Å²) in [5, 5.41) is 2.82. The second kappa shape index (κ2) is 4.08. The predicted molar refractivity (Wildman–Crippen MR) is 71.7 cm³/mol. The van der Waals surface area contributed by atoms with Crippen LogP contribution in [-0.2, 0) is 16.0 Å². The third-order valence-electron chi connectivity index (χ3n) is 4.27. The van der Waals surface area contributed by atoms with Crippen LogP contribution in [0.25, 0.3) is 0 Å². The largest absolute Gasteiger partial charge is 0.352 e. The lowest BCUT2D eigenvalue weighted by Crippen LogP contribution is -2.64. The van der Waals surface area contributed by atoms with Gasteiger partial charge in [-0.25, -0.2) is 0 Å². The molecule has 1 aromatic rings. The number of amides is 2. The first-order valence-electron chi connectivity index (χ1n) is 6.69. The maximum absolute atomic E-state index is 12.7. The van der Waals surface area contributed by atoms with Crippen LogP contribution in [0, 0.1) is 0 Å². The van der Waals surface area contributed by atoms with Crippen LogP contribution in [0.2, 0.25) is 0 Å². The van der Waals surface area contributed by atoms with Gasteiger partial charge < -0.3 is 10.2 Å². The molecule has 1 saturated heterocycles. The normalized spacial score (nSPS) is 24.2. The Hall–Kier alpha value is -1.84. The number of hydrogen-bond acceptors (Lipinski definition) is 2. The van der Waals surface area contributed by atoms with Crippen molar-refractivity contribution in [1.29, 1.82) is 0 Å². The lowest BCUT2D eigenvalue weighted by atomic mass is 9.76. The molecule has 0 radical (unpaired) electrons. The Morgan fingerprint density at radius 2 is 2.11 bits per heavy atom. The highest BCUT2D eigenvalue weighted by atomic mass is 16.2. The summed E-state index contributed by atoms with van der Waals surface area (Å²) in [5.41, 5.74) is 1.62. The summed E-state index contributed by atoms with van der Waals surface area (Å²) in [6.45, 7) is 4.76. The van der Waals surface area contributed by atoms with Gasteiger partial charge in [-0.15, -0.1) is 0 Å². The third kappa shape index (κ3) is 1.74. The van der Waals surface area contributed by atoms with E-state index in [1.807, 2.05) is 32.0 Å². The molecule has 1 aliphatic heterocycles. The predicted octanol–water partition coefficient (Wildman–Crippen LogP) is 1.06. The average Bonchev–Trinajstić information content (AvgIpc) is 2.34. The molecule has 1 aromatic carbocycles. The van der Waals surface area contributed by atoms with Crippen molar-refractivity contribution in [2.45, 2.75) is 31.7 Å². The molecule has 1 heterocycles. The molecule has 1 N–H and O–H groups in total.